The first kappa shape index (κ1) is 24.8. The van der Waals surface area contributed by atoms with Gasteiger partial charge in [-0.15, -0.1) is 0 Å². The fourth-order valence-electron chi connectivity index (χ4n) is 7.72. The van der Waals surface area contributed by atoms with E-state index in [9.17, 15) is 15.2 Å². The molecule has 0 radical (unpaired) electrons. The molecule has 1 N–H and O–H groups in total. The number of nitro benzene ring substituents is 1. The van der Waals surface area contributed by atoms with Crippen LogP contribution >= 0.6 is 0 Å². The lowest BCUT2D eigenvalue weighted by molar-refractivity contribution is -0.384. The summed E-state index contributed by atoms with van der Waals surface area (Å²) in [5.41, 5.74) is 4.21. The maximum atomic E-state index is 10.7. The number of nitrogens with zero attached hydrogens (tertiary/aromatic N) is 3. The first-order valence-corrected chi connectivity index (χ1v) is 13.4. The van der Waals surface area contributed by atoms with Gasteiger partial charge in [-0.25, -0.2) is 0 Å². The van der Waals surface area contributed by atoms with Crippen molar-refractivity contribution in [1.29, 1.82) is 0 Å². The number of non-ortho nitro benzene ring substituents is 1. The monoisotopic (exact) mass is 487 g/mol. The van der Waals surface area contributed by atoms with E-state index in [1.807, 2.05) is 24.3 Å². The number of nitro groups is 1. The van der Waals surface area contributed by atoms with Crippen molar-refractivity contribution in [1.82, 2.24) is 0 Å². The van der Waals surface area contributed by atoms with E-state index in [1.54, 1.807) is 18.3 Å². The van der Waals surface area contributed by atoms with Gasteiger partial charge in [-0.2, -0.15) is 10.2 Å². The Labute approximate surface area is 213 Å². The Kier molecular flexibility index (Phi) is 6.82. The third-order valence-electron chi connectivity index (χ3n) is 9.76. The quantitative estimate of drug-likeness (QED) is 0.161. The van der Waals surface area contributed by atoms with Gasteiger partial charge in [0.05, 0.1) is 11.0 Å². The maximum absolute atomic E-state index is 10.7. The molecule has 0 bridgehead atoms. The summed E-state index contributed by atoms with van der Waals surface area (Å²) in [5, 5.41) is 30.0. The minimum absolute atomic E-state index is 0.0954. The Morgan fingerprint density at radius 2 is 1.78 bits per heavy atom. The van der Waals surface area contributed by atoms with Gasteiger partial charge in [0.15, 0.2) is 0 Å². The summed E-state index contributed by atoms with van der Waals surface area (Å²) >= 11 is 0. The number of hydrogen-bond acceptors (Lipinski definition) is 5. The predicted octanol–water partition coefficient (Wildman–Crippen LogP) is 6.91. The van der Waals surface area contributed by atoms with Gasteiger partial charge < -0.3 is 5.11 Å². The Bertz CT molecular complexity index is 1150. The number of benzene rings is 1. The van der Waals surface area contributed by atoms with Crippen LogP contribution in [0.1, 0.15) is 70.8 Å². The van der Waals surface area contributed by atoms with Crippen LogP contribution in [0.3, 0.4) is 0 Å². The molecule has 1 aromatic rings. The van der Waals surface area contributed by atoms with Crippen molar-refractivity contribution in [3.05, 3.63) is 69.8 Å². The van der Waals surface area contributed by atoms with Crippen LogP contribution in [0.4, 0.5) is 5.69 Å². The fourth-order valence-corrected chi connectivity index (χ4v) is 7.72. The lowest BCUT2D eigenvalue weighted by Crippen LogP contribution is -2.50. The van der Waals surface area contributed by atoms with Crippen molar-refractivity contribution < 1.29 is 10.0 Å². The summed E-state index contributed by atoms with van der Waals surface area (Å²) < 4.78 is 0. The molecule has 4 aliphatic rings. The second kappa shape index (κ2) is 9.89. The van der Waals surface area contributed by atoms with E-state index in [4.69, 9.17) is 5.10 Å². The molecule has 0 amide bonds. The minimum Gasteiger partial charge on any atom is -0.393 e. The van der Waals surface area contributed by atoms with E-state index < -0.39 is 4.92 Å². The fraction of sp³-hybridized carbons (Fsp3) is 0.533. The molecule has 4 aliphatic carbocycles. The van der Waals surface area contributed by atoms with Crippen molar-refractivity contribution in [2.45, 2.75) is 71.3 Å². The molecule has 5 rings (SSSR count). The molecule has 6 atom stereocenters. The van der Waals surface area contributed by atoms with Crippen LogP contribution in [0.15, 0.2) is 64.3 Å². The molecule has 36 heavy (non-hydrogen) atoms. The van der Waals surface area contributed by atoms with Crippen LogP contribution in [-0.4, -0.2) is 28.1 Å². The molecule has 0 aromatic heterocycles. The first-order chi connectivity index (χ1) is 17.3. The van der Waals surface area contributed by atoms with Crippen LogP contribution in [0.5, 0.6) is 0 Å². The van der Waals surface area contributed by atoms with Gasteiger partial charge in [-0.05, 0) is 98.3 Å². The highest BCUT2D eigenvalue weighted by atomic mass is 16.6. The van der Waals surface area contributed by atoms with Gasteiger partial charge >= 0.3 is 0 Å². The Morgan fingerprint density at radius 3 is 2.56 bits per heavy atom. The second-order valence-electron chi connectivity index (χ2n) is 11.6. The molecule has 0 saturated heterocycles. The normalized spacial score (nSPS) is 37.3. The highest BCUT2D eigenvalue weighted by Gasteiger charge is 2.57. The first-order valence-electron chi connectivity index (χ1n) is 13.4. The Balaban J connectivity index is 1.21. The summed E-state index contributed by atoms with van der Waals surface area (Å²) in [4.78, 5) is 10.3. The zero-order chi connectivity index (χ0) is 25.3. The van der Waals surface area contributed by atoms with Crippen molar-refractivity contribution in [3.63, 3.8) is 0 Å². The van der Waals surface area contributed by atoms with E-state index in [1.165, 1.54) is 42.7 Å². The zero-order valence-electron chi connectivity index (χ0n) is 21.3. The van der Waals surface area contributed by atoms with Gasteiger partial charge in [0.2, 0.25) is 0 Å². The van der Waals surface area contributed by atoms with Crippen LogP contribution in [0.2, 0.25) is 0 Å². The Morgan fingerprint density at radius 1 is 1.03 bits per heavy atom. The SMILES string of the molecule is C[C@]12CCC(O)CC1=CCC1C2CC[C@]2(C)/C(=N/N=C/C=C/C=C/c3ccc([N+](=O)[O-])cc3)CCC12. The van der Waals surface area contributed by atoms with E-state index in [0.29, 0.717) is 11.8 Å². The lowest BCUT2D eigenvalue weighted by Gasteiger charge is -2.57. The smallest absolute Gasteiger partial charge is 0.269 e. The van der Waals surface area contributed by atoms with Gasteiger partial charge in [-0.3, -0.25) is 10.1 Å². The van der Waals surface area contributed by atoms with Gasteiger partial charge in [-0.1, -0.05) is 43.7 Å². The van der Waals surface area contributed by atoms with Crippen LogP contribution in [-0.2, 0) is 0 Å². The lowest BCUT2D eigenvalue weighted by atomic mass is 9.48. The number of fused-ring (bicyclic) bond motifs is 5. The van der Waals surface area contributed by atoms with Crippen molar-refractivity contribution in [2.75, 3.05) is 0 Å². The third kappa shape index (κ3) is 4.52. The van der Waals surface area contributed by atoms with Gasteiger partial charge in [0, 0.05) is 29.5 Å². The van der Waals surface area contributed by atoms with Crippen molar-refractivity contribution in [3.8, 4) is 0 Å². The van der Waals surface area contributed by atoms with E-state index in [2.05, 4.69) is 25.0 Å². The van der Waals surface area contributed by atoms with Gasteiger partial charge in [0.1, 0.15) is 0 Å². The molecule has 0 aliphatic heterocycles. The molecular weight excluding hydrogens is 450 g/mol. The standard InChI is InChI=1S/C30H37N3O3/c1-29-17-15-24(34)20-22(29)9-12-25-26-13-14-28(30(26,2)18-16-27(25)29)32-31-19-5-3-4-6-21-7-10-23(11-8-21)33(35)36/h3-11,19,24-27,34H,12-18,20H2,1-2H3/b5-3+,6-4+,31-19+,32-28+/t24?,25?,26?,27?,29-,30-/m0/s1. The number of hydrogen-bond donors (Lipinski definition) is 1. The maximum Gasteiger partial charge on any atom is 0.269 e. The molecule has 190 valence electrons. The predicted molar refractivity (Wildman–Crippen MR) is 145 cm³/mol. The molecule has 1 aromatic carbocycles. The van der Waals surface area contributed by atoms with Crippen LogP contribution in [0.25, 0.3) is 6.08 Å². The average Bonchev–Trinajstić information content (AvgIpc) is 3.20. The summed E-state index contributed by atoms with van der Waals surface area (Å²) in [6, 6.07) is 6.48. The highest BCUT2D eigenvalue weighted by Crippen LogP contribution is 2.64. The molecular formula is C30H37N3O3. The van der Waals surface area contributed by atoms with Crippen LogP contribution in [0, 0.1) is 38.7 Å². The van der Waals surface area contributed by atoms with E-state index in [0.717, 1.165) is 43.6 Å². The third-order valence-corrected chi connectivity index (χ3v) is 9.76. The van der Waals surface area contributed by atoms with Crippen molar-refractivity contribution in [2.24, 2.45) is 38.8 Å². The second-order valence-corrected chi connectivity index (χ2v) is 11.6. The molecule has 4 unspecified atom stereocenters. The molecule has 0 spiro atoms. The molecule has 0 heterocycles. The van der Waals surface area contributed by atoms with Gasteiger partial charge in [0.25, 0.3) is 5.69 Å². The zero-order valence-corrected chi connectivity index (χ0v) is 21.3. The summed E-state index contributed by atoms with van der Waals surface area (Å²) in [6.07, 6.45) is 20.4. The molecule has 3 saturated carbocycles. The van der Waals surface area contributed by atoms with Crippen LogP contribution < -0.4 is 0 Å². The summed E-state index contributed by atoms with van der Waals surface area (Å²) in [7, 11) is 0. The van der Waals surface area contributed by atoms with Crippen molar-refractivity contribution >= 4 is 23.7 Å². The number of aliphatic hydroxyl groups excluding tert-OH is 1. The highest BCUT2D eigenvalue weighted by molar-refractivity contribution is 5.92. The largest absolute Gasteiger partial charge is 0.393 e. The number of aliphatic hydroxyl groups is 1. The molecule has 3 fully saturated rings. The molecule has 6 heteroatoms. The average molecular weight is 488 g/mol. The topological polar surface area (TPSA) is 88.1 Å². The minimum atomic E-state index is -0.394. The number of allylic oxidation sites excluding steroid dienone is 4. The summed E-state index contributed by atoms with van der Waals surface area (Å²) in [6.45, 7) is 4.89. The number of rotatable bonds is 5. The van der Waals surface area contributed by atoms with E-state index in [-0.39, 0.29) is 22.6 Å². The summed E-state index contributed by atoms with van der Waals surface area (Å²) in [5.74, 6) is 2.12. The van der Waals surface area contributed by atoms with E-state index >= 15 is 0 Å². The molecule has 6 nitrogen and oxygen atoms in total. The Hall–Kier alpha value is -2.86.